The minimum atomic E-state index is -0.593. The average Bonchev–Trinajstić information content (AvgIpc) is 2.30. The first-order valence-electron chi connectivity index (χ1n) is 6.09. The molecule has 4 N–H and O–H groups in total. The highest BCUT2D eigenvalue weighted by Crippen LogP contribution is 2.27. The van der Waals surface area contributed by atoms with Crippen LogP contribution in [0.4, 0.5) is 0 Å². The Labute approximate surface area is 97.9 Å². The lowest BCUT2D eigenvalue weighted by Crippen LogP contribution is -2.19. The molecule has 2 unspecified atom stereocenters. The second-order valence-corrected chi connectivity index (χ2v) is 4.73. The summed E-state index contributed by atoms with van der Waals surface area (Å²) in [5.41, 5.74) is 0. The van der Waals surface area contributed by atoms with E-state index in [2.05, 4.69) is 0 Å². The maximum Gasteiger partial charge on any atom is 0.0768 e. The molecule has 1 saturated carbocycles. The fourth-order valence-electron chi connectivity index (χ4n) is 1.60. The number of aliphatic hydroxyl groups is 4. The topological polar surface area (TPSA) is 80.9 Å². The molecule has 2 atom stereocenters. The summed E-state index contributed by atoms with van der Waals surface area (Å²) in [5.74, 6) is 1.03. The normalized spacial score (nSPS) is 28.9. The summed E-state index contributed by atoms with van der Waals surface area (Å²) < 4.78 is 0. The Kier molecular flexibility index (Phi) is 8.84. The second-order valence-electron chi connectivity index (χ2n) is 4.73. The molecule has 0 spiro atoms. The van der Waals surface area contributed by atoms with Gasteiger partial charge in [-0.2, -0.15) is 0 Å². The fourth-order valence-corrected chi connectivity index (χ4v) is 1.60. The van der Waals surface area contributed by atoms with Crippen molar-refractivity contribution in [2.45, 2.75) is 51.7 Å². The molecule has 0 amide bonds. The number of rotatable bonds is 3. The van der Waals surface area contributed by atoms with E-state index in [1.807, 2.05) is 0 Å². The van der Waals surface area contributed by atoms with Crippen molar-refractivity contribution in [2.24, 2.45) is 11.8 Å². The first kappa shape index (κ1) is 15.8. The molecule has 0 heterocycles. The zero-order valence-corrected chi connectivity index (χ0v) is 10.3. The first-order chi connectivity index (χ1) is 7.51. The third-order valence-electron chi connectivity index (χ3n) is 3.18. The summed E-state index contributed by atoms with van der Waals surface area (Å²) in [6.45, 7) is 3.76. The Balaban J connectivity index is 0.000000325. The second kappa shape index (κ2) is 8.93. The molecule has 0 aliphatic heterocycles. The Bertz CT molecular complexity index is 133. The van der Waals surface area contributed by atoms with Gasteiger partial charge in [-0.05, 0) is 51.4 Å². The van der Waals surface area contributed by atoms with E-state index in [1.54, 1.807) is 13.8 Å². The van der Waals surface area contributed by atoms with Gasteiger partial charge in [0.05, 0.1) is 12.2 Å². The molecule has 4 nitrogen and oxygen atoms in total. The number of aliphatic hydroxyl groups excluding tert-OH is 4. The van der Waals surface area contributed by atoms with Crippen LogP contribution in [-0.4, -0.2) is 45.8 Å². The summed E-state index contributed by atoms with van der Waals surface area (Å²) in [5, 5.41) is 34.3. The van der Waals surface area contributed by atoms with Crippen LogP contribution in [0.25, 0.3) is 0 Å². The zero-order valence-electron chi connectivity index (χ0n) is 10.3. The largest absolute Gasteiger partial charge is 0.396 e. The Morgan fingerprint density at radius 1 is 0.812 bits per heavy atom. The van der Waals surface area contributed by atoms with Crippen LogP contribution in [0.5, 0.6) is 0 Å². The number of hydrogen-bond acceptors (Lipinski definition) is 4. The molecule has 1 aliphatic rings. The van der Waals surface area contributed by atoms with Crippen LogP contribution in [0.15, 0.2) is 0 Å². The maximum absolute atomic E-state index is 8.79. The van der Waals surface area contributed by atoms with Crippen molar-refractivity contribution in [3.63, 3.8) is 0 Å². The first-order valence-corrected chi connectivity index (χ1v) is 6.09. The summed E-state index contributed by atoms with van der Waals surface area (Å²) in [6, 6.07) is 0. The molecule has 4 heteroatoms. The van der Waals surface area contributed by atoms with E-state index in [-0.39, 0.29) is 0 Å². The van der Waals surface area contributed by atoms with Crippen LogP contribution >= 0.6 is 0 Å². The van der Waals surface area contributed by atoms with E-state index < -0.39 is 12.2 Å². The van der Waals surface area contributed by atoms with Gasteiger partial charge in [0.15, 0.2) is 0 Å². The van der Waals surface area contributed by atoms with Gasteiger partial charge in [0, 0.05) is 13.2 Å². The highest BCUT2D eigenvalue weighted by atomic mass is 16.3. The Hall–Kier alpha value is -0.160. The van der Waals surface area contributed by atoms with Crippen molar-refractivity contribution in [3.8, 4) is 0 Å². The molecule has 1 aliphatic carbocycles. The molecular weight excluding hydrogens is 208 g/mol. The van der Waals surface area contributed by atoms with Crippen LogP contribution in [0.2, 0.25) is 0 Å². The Morgan fingerprint density at radius 3 is 1.19 bits per heavy atom. The average molecular weight is 234 g/mol. The lowest BCUT2D eigenvalue weighted by Gasteiger charge is -2.25. The lowest BCUT2D eigenvalue weighted by molar-refractivity contribution is 0.0438. The van der Waals surface area contributed by atoms with E-state index >= 15 is 0 Å². The van der Waals surface area contributed by atoms with Gasteiger partial charge in [-0.1, -0.05) is 0 Å². The van der Waals surface area contributed by atoms with Crippen LogP contribution in [0, 0.1) is 11.8 Å². The molecule has 1 rings (SSSR count). The predicted octanol–water partition coefficient (Wildman–Crippen LogP) is 0.525. The van der Waals surface area contributed by atoms with Crippen LogP contribution in [0.1, 0.15) is 39.5 Å². The summed E-state index contributed by atoms with van der Waals surface area (Å²) in [7, 11) is 0. The van der Waals surface area contributed by atoms with Crippen LogP contribution in [-0.2, 0) is 0 Å². The van der Waals surface area contributed by atoms with Gasteiger partial charge in [0.2, 0.25) is 0 Å². The highest BCUT2D eigenvalue weighted by Gasteiger charge is 2.19. The van der Waals surface area contributed by atoms with E-state index in [0.717, 1.165) is 25.7 Å². The van der Waals surface area contributed by atoms with Gasteiger partial charge in [-0.15, -0.1) is 0 Å². The lowest BCUT2D eigenvalue weighted by atomic mass is 9.83. The van der Waals surface area contributed by atoms with Gasteiger partial charge in [0.1, 0.15) is 0 Å². The molecule has 0 saturated heterocycles. The van der Waals surface area contributed by atoms with Crippen molar-refractivity contribution in [1.29, 1.82) is 0 Å². The van der Waals surface area contributed by atoms with Gasteiger partial charge in [-0.25, -0.2) is 0 Å². The molecule has 0 aromatic rings. The monoisotopic (exact) mass is 234 g/mol. The standard InChI is InChI=1S/C8H16O2.C4H10O2/c9-5-7-1-2-8(6-10)4-3-7;1-3(5)4(2)6/h7-10H,1-6H2;3-6H,1-2H3. The molecule has 0 radical (unpaired) electrons. The molecule has 98 valence electrons. The molecular formula is C12H26O4. The van der Waals surface area contributed by atoms with E-state index in [1.165, 1.54) is 0 Å². The van der Waals surface area contributed by atoms with Gasteiger partial charge in [-0.3, -0.25) is 0 Å². The maximum atomic E-state index is 8.79. The van der Waals surface area contributed by atoms with Crippen molar-refractivity contribution in [2.75, 3.05) is 13.2 Å². The van der Waals surface area contributed by atoms with Crippen LogP contribution in [0.3, 0.4) is 0 Å². The van der Waals surface area contributed by atoms with Crippen molar-refractivity contribution < 1.29 is 20.4 Å². The molecule has 0 aromatic carbocycles. The minimum absolute atomic E-state index is 0.331. The Morgan fingerprint density at radius 2 is 1.06 bits per heavy atom. The van der Waals surface area contributed by atoms with E-state index in [4.69, 9.17) is 20.4 Å². The molecule has 0 aromatic heterocycles. The highest BCUT2D eigenvalue weighted by molar-refractivity contribution is 4.70. The molecule has 1 fully saturated rings. The van der Waals surface area contributed by atoms with Crippen LogP contribution < -0.4 is 0 Å². The van der Waals surface area contributed by atoms with Gasteiger partial charge < -0.3 is 20.4 Å². The third kappa shape index (κ3) is 7.17. The number of hydrogen-bond donors (Lipinski definition) is 4. The molecule has 0 bridgehead atoms. The quantitative estimate of drug-likeness (QED) is 0.574. The van der Waals surface area contributed by atoms with E-state index in [9.17, 15) is 0 Å². The predicted molar refractivity (Wildman–Crippen MR) is 63.0 cm³/mol. The zero-order chi connectivity index (χ0) is 12.6. The van der Waals surface area contributed by atoms with Crippen molar-refractivity contribution in [3.05, 3.63) is 0 Å². The van der Waals surface area contributed by atoms with E-state index in [0.29, 0.717) is 25.0 Å². The van der Waals surface area contributed by atoms with Gasteiger partial charge >= 0.3 is 0 Å². The summed E-state index contributed by atoms with van der Waals surface area (Å²) in [4.78, 5) is 0. The smallest absolute Gasteiger partial charge is 0.0768 e. The van der Waals surface area contributed by atoms with Crippen molar-refractivity contribution in [1.82, 2.24) is 0 Å². The SMILES string of the molecule is CC(O)C(C)O.OCC1CCC(CO)CC1. The summed E-state index contributed by atoms with van der Waals surface area (Å²) in [6.07, 6.45) is 3.21. The summed E-state index contributed by atoms with van der Waals surface area (Å²) >= 11 is 0. The molecule has 16 heavy (non-hydrogen) atoms. The minimum Gasteiger partial charge on any atom is -0.396 e. The fraction of sp³-hybridized carbons (Fsp3) is 1.00. The van der Waals surface area contributed by atoms with Gasteiger partial charge in [0.25, 0.3) is 0 Å². The van der Waals surface area contributed by atoms with Crippen molar-refractivity contribution >= 4 is 0 Å². The third-order valence-corrected chi connectivity index (χ3v) is 3.18.